The maximum atomic E-state index is 13.4. The highest BCUT2D eigenvalue weighted by Gasteiger charge is 2.30. The van der Waals surface area contributed by atoms with Crippen molar-refractivity contribution in [2.24, 2.45) is 0 Å². The predicted octanol–water partition coefficient (Wildman–Crippen LogP) is 4.16. The summed E-state index contributed by atoms with van der Waals surface area (Å²) in [4.78, 5) is 14.8. The predicted molar refractivity (Wildman–Crippen MR) is 112 cm³/mol. The molecule has 0 aromatic heterocycles. The highest BCUT2D eigenvalue weighted by molar-refractivity contribution is 7.92. The van der Waals surface area contributed by atoms with Crippen molar-refractivity contribution in [2.75, 3.05) is 23.9 Å². The number of piperidine rings is 1. The minimum absolute atomic E-state index is 0.156. The Balaban J connectivity index is 2.02. The summed E-state index contributed by atoms with van der Waals surface area (Å²) < 4.78 is 28.1. The zero-order valence-corrected chi connectivity index (χ0v) is 17.8. The summed E-state index contributed by atoms with van der Waals surface area (Å²) in [5.41, 5.74) is 2.14. The van der Waals surface area contributed by atoms with Crippen LogP contribution in [0.4, 0.5) is 5.69 Å². The molecule has 2 aromatic carbocycles. The van der Waals surface area contributed by atoms with Crippen molar-refractivity contribution < 1.29 is 13.2 Å². The number of amides is 1. The van der Waals surface area contributed by atoms with Crippen molar-refractivity contribution in [1.82, 2.24) is 4.90 Å². The van der Waals surface area contributed by atoms with E-state index < -0.39 is 10.0 Å². The zero-order chi connectivity index (χ0) is 20.3. The SMILES string of the molecule is Cc1ccc(S(=O)(=O)N(CC(=O)N2CCCCC2)c2cc(Cl)ccc2C)cc1. The van der Waals surface area contributed by atoms with E-state index in [2.05, 4.69) is 0 Å². The van der Waals surface area contributed by atoms with Gasteiger partial charge in [-0.05, 0) is 62.9 Å². The van der Waals surface area contributed by atoms with Gasteiger partial charge < -0.3 is 4.90 Å². The Morgan fingerprint density at radius 1 is 1.04 bits per heavy atom. The molecule has 0 bridgehead atoms. The number of halogens is 1. The summed E-state index contributed by atoms with van der Waals surface area (Å²) in [5.74, 6) is -0.185. The fourth-order valence-corrected chi connectivity index (χ4v) is 4.99. The maximum Gasteiger partial charge on any atom is 0.264 e. The van der Waals surface area contributed by atoms with E-state index in [1.54, 1.807) is 47.4 Å². The van der Waals surface area contributed by atoms with Gasteiger partial charge in [0, 0.05) is 18.1 Å². The maximum absolute atomic E-state index is 13.4. The summed E-state index contributed by atoms with van der Waals surface area (Å²) in [5, 5.41) is 0.426. The number of carbonyl (C=O) groups is 1. The molecule has 2 aromatic rings. The molecule has 7 heteroatoms. The van der Waals surface area contributed by atoms with Crippen LogP contribution in [0.2, 0.25) is 5.02 Å². The monoisotopic (exact) mass is 420 g/mol. The van der Waals surface area contributed by atoms with Gasteiger partial charge in [-0.15, -0.1) is 0 Å². The zero-order valence-electron chi connectivity index (χ0n) is 16.2. The van der Waals surface area contributed by atoms with Crippen molar-refractivity contribution in [3.8, 4) is 0 Å². The minimum atomic E-state index is -3.92. The summed E-state index contributed by atoms with van der Waals surface area (Å²) in [6.07, 6.45) is 3.00. The van der Waals surface area contributed by atoms with Crippen molar-refractivity contribution >= 4 is 33.2 Å². The van der Waals surface area contributed by atoms with E-state index in [9.17, 15) is 13.2 Å². The van der Waals surface area contributed by atoms with E-state index in [1.807, 2.05) is 13.8 Å². The molecule has 1 aliphatic heterocycles. The van der Waals surface area contributed by atoms with Gasteiger partial charge in [0.25, 0.3) is 10.0 Å². The van der Waals surface area contributed by atoms with Gasteiger partial charge in [0.1, 0.15) is 6.54 Å². The van der Waals surface area contributed by atoms with Crippen LogP contribution >= 0.6 is 11.6 Å². The standard InChI is InChI=1S/C21H25ClN2O3S/c1-16-6-10-19(11-7-16)28(26,27)24(20-14-18(22)9-8-17(20)2)15-21(25)23-12-4-3-5-13-23/h6-11,14H,3-5,12-13,15H2,1-2H3. The lowest BCUT2D eigenvalue weighted by molar-refractivity contribution is -0.130. The normalized spacial score (nSPS) is 14.8. The van der Waals surface area contributed by atoms with Crippen LogP contribution in [0.3, 0.4) is 0 Å². The first-order chi connectivity index (χ1) is 13.3. The molecule has 0 spiro atoms. The molecule has 1 fully saturated rings. The number of carbonyl (C=O) groups excluding carboxylic acids is 1. The number of rotatable bonds is 5. The van der Waals surface area contributed by atoms with Gasteiger partial charge in [0.2, 0.25) is 5.91 Å². The second kappa shape index (κ2) is 8.53. The molecule has 0 unspecified atom stereocenters. The summed E-state index contributed by atoms with van der Waals surface area (Å²) >= 11 is 6.15. The number of aryl methyl sites for hydroxylation is 2. The molecule has 28 heavy (non-hydrogen) atoms. The number of likely N-dealkylation sites (tertiary alicyclic amines) is 1. The lowest BCUT2D eigenvalue weighted by Crippen LogP contribution is -2.45. The van der Waals surface area contributed by atoms with Crippen LogP contribution < -0.4 is 4.31 Å². The molecule has 0 N–H and O–H groups in total. The first kappa shape index (κ1) is 20.7. The first-order valence-electron chi connectivity index (χ1n) is 9.42. The van der Waals surface area contributed by atoms with Crippen LogP contribution in [-0.4, -0.2) is 38.9 Å². The molecule has 0 radical (unpaired) electrons. The number of nitrogens with zero attached hydrogens (tertiary/aromatic N) is 2. The second-order valence-corrected chi connectivity index (χ2v) is 9.50. The average Bonchev–Trinajstić information content (AvgIpc) is 2.69. The molecule has 3 rings (SSSR count). The third-order valence-corrected chi connectivity index (χ3v) is 7.05. The van der Waals surface area contributed by atoms with E-state index >= 15 is 0 Å². The van der Waals surface area contributed by atoms with Crippen molar-refractivity contribution in [2.45, 2.75) is 38.0 Å². The molecule has 0 atom stereocenters. The lowest BCUT2D eigenvalue weighted by Gasteiger charge is -2.31. The molecule has 1 aliphatic rings. The van der Waals surface area contributed by atoms with E-state index in [-0.39, 0.29) is 17.3 Å². The topological polar surface area (TPSA) is 57.7 Å². The average molecular weight is 421 g/mol. The first-order valence-corrected chi connectivity index (χ1v) is 11.2. The molecule has 0 aliphatic carbocycles. The second-order valence-electron chi connectivity index (χ2n) is 7.20. The Morgan fingerprint density at radius 3 is 2.32 bits per heavy atom. The highest BCUT2D eigenvalue weighted by Crippen LogP contribution is 2.30. The van der Waals surface area contributed by atoms with Crippen molar-refractivity contribution in [1.29, 1.82) is 0 Å². The molecular weight excluding hydrogens is 396 g/mol. The summed E-state index contributed by atoms with van der Waals surface area (Å²) in [7, 11) is -3.92. The van der Waals surface area contributed by atoms with Crippen LogP contribution in [-0.2, 0) is 14.8 Å². The van der Waals surface area contributed by atoms with Crippen molar-refractivity contribution in [3.63, 3.8) is 0 Å². The Hall–Kier alpha value is -2.05. The molecule has 1 saturated heterocycles. The summed E-state index contributed by atoms with van der Waals surface area (Å²) in [6.45, 7) is 4.82. The fourth-order valence-electron chi connectivity index (χ4n) is 3.35. The van der Waals surface area contributed by atoms with Gasteiger partial charge in [-0.3, -0.25) is 9.10 Å². The largest absolute Gasteiger partial charge is 0.341 e. The summed E-state index contributed by atoms with van der Waals surface area (Å²) in [6, 6.07) is 11.7. The molecule has 150 valence electrons. The number of benzene rings is 2. The van der Waals surface area contributed by atoms with E-state index in [1.165, 1.54) is 4.31 Å². The number of hydrogen-bond donors (Lipinski definition) is 0. The van der Waals surface area contributed by atoms with Gasteiger partial charge in [-0.1, -0.05) is 35.4 Å². The Kier molecular flexibility index (Phi) is 6.30. The quantitative estimate of drug-likeness (QED) is 0.729. The third-order valence-electron chi connectivity index (χ3n) is 5.04. The smallest absolute Gasteiger partial charge is 0.264 e. The third kappa shape index (κ3) is 4.50. The molecule has 1 amide bonds. The fraction of sp³-hybridized carbons (Fsp3) is 0.381. The lowest BCUT2D eigenvalue weighted by atomic mass is 10.1. The van der Waals surface area contributed by atoms with E-state index in [0.29, 0.717) is 23.8 Å². The minimum Gasteiger partial charge on any atom is -0.341 e. The van der Waals surface area contributed by atoms with Gasteiger partial charge in [-0.25, -0.2) is 8.42 Å². The van der Waals surface area contributed by atoms with Gasteiger partial charge >= 0.3 is 0 Å². The molecule has 1 heterocycles. The number of hydrogen-bond acceptors (Lipinski definition) is 3. The van der Waals surface area contributed by atoms with Crippen LogP contribution in [0.1, 0.15) is 30.4 Å². The van der Waals surface area contributed by atoms with E-state index in [4.69, 9.17) is 11.6 Å². The van der Waals surface area contributed by atoms with Crippen LogP contribution in [0.15, 0.2) is 47.4 Å². The highest BCUT2D eigenvalue weighted by atomic mass is 35.5. The molecule has 5 nitrogen and oxygen atoms in total. The Labute approximate surface area is 172 Å². The Bertz CT molecular complexity index is 952. The van der Waals surface area contributed by atoms with Crippen LogP contribution in [0, 0.1) is 13.8 Å². The van der Waals surface area contributed by atoms with Gasteiger partial charge in [-0.2, -0.15) is 0 Å². The van der Waals surface area contributed by atoms with Gasteiger partial charge in [0.15, 0.2) is 0 Å². The number of sulfonamides is 1. The number of anilines is 1. The Morgan fingerprint density at radius 2 is 1.68 bits per heavy atom. The molecule has 0 saturated carbocycles. The van der Waals surface area contributed by atoms with Gasteiger partial charge in [0.05, 0.1) is 10.6 Å². The van der Waals surface area contributed by atoms with Crippen LogP contribution in [0.25, 0.3) is 0 Å². The van der Waals surface area contributed by atoms with E-state index in [0.717, 1.165) is 30.4 Å². The van der Waals surface area contributed by atoms with Crippen LogP contribution in [0.5, 0.6) is 0 Å². The van der Waals surface area contributed by atoms with Crippen molar-refractivity contribution in [3.05, 3.63) is 58.6 Å². The molecular formula is C21H25ClN2O3S.